The SMILES string of the molecule is Cc1ccc(CCNC(=O)c2cccc(N3C(=O)NC4CC3(C)Oc3c(OCc5ccccc5C)cccc34)c2)cc1. The van der Waals surface area contributed by atoms with Gasteiger partial charge < -0.3 is 20.1 Å². The molecular weight excluding hydrogens is 526 g/mol. The molecule has 1 fully saturated rings. The predicted molar refractivity (Wildman–Crippen MR) is 163 cm³/mol. The normalized spacial score (nSPS) is 18.9. The van der Waals surface area contributed by atoms with Gasteiger partial charge in [0.15, 0.2) is 17.2 Å². The summed E-state index contributed by atoms with van der Waals surface area (Å²) in [7, 11) is 0. The fourth-order valence-electron chi connectivity index (χ4n) is 5.76. The Morgan fingerprint density at radius 1 is 1.02 bits per heavy atom. The maximum Gasteiger partial charge on any atom is 0.325 e. The van der Waals surface area contributed by atoms with Gasteiger partial charge in [0.1, 0.15) is 6.61 Å². The van der Waals surface area contributed by atoms with Gasteiger partial charge in [0.05, 0.1) is 11.7 Å². The van der Waals surface area contributed by atoms with Gasteiger partial charge in [0, 0.05) is 24.1 Å². The second-order valence-corrected chi connectivity index (χ2v) is 11.3. The average molecular weight is 562 g/mol. The first kappa shape index (κ1) is 27.4. The Morgan fingerprint density at radius 2 is 1.81 bits per heavy atom. The van der Waals surface area contributed by atoms with E-state index in [1.165, 1.54) is 11.1 Å². The maximum atomic E-state index is 13.5. The molecule has 7 nitrogen and oxygen atoms in total. The lowest BCUT2D eigenvalue weighted by atomic mass is 9.89. The largest absolute Gasteiger partial charge is 0.485 e. The van der Waals surface area contributed by atoms with Crippen LogP contribution in [-0.2, 0) is 13.0 Å². The molecule has 1 saturated heterocycles. The van der Waals surface area contributed by atoms with Crippen LogP contribution in [-0.4, -0.2) is 24.2 Å². The van der Waals surface area contributed by atoms with E-state index in [-0.39, 0.29) is 18.0 Å². The molecule has 0 radical (unpaired) electrons. The fourth-order valence-corrected chi connectivity index (χ4v) is 5.76. The molecule has 214 valence electrons. The second kappa shape index (κ2) is 11.2. The van der Waals surface area contributed by atoms with Crippen molar-refractivity contribution < 1.29 is 19.1 Å². The number of amides is 3. The van der Waals surface area contributed by atoms with E-state index in [0.717, 1.165) is 23.1 Å². The zero-order chi connectivity index (χ0) is 29.3. The van der Waals surface area contributed by atoms with Gasteiger partial charge in [-0.1, -0.05) is 72.3 Å². The minimum absolute atomic E-state index is 0.189. The molecule has 2 N–H and O–H groups in total. The molecule has 4 aromatic carbocycles. The molecule has 2 unspecified atom stereocenters. The minimum atomic E-state index is -0.983. The number of para-hydroxylation sites is 1. The number of nitrogens with zero attached hydrogens (tertiary/aromatic N) is 1. The molecule has 7 heteroatoms. The zero-order valence-corrected chi connectivity index (χ0v) is 24.1. The van der Waals surface area contributed by atoms with Crippen LogP contribution in [0.15, 0.2) is 91.0 Å². The van der Waals surface area contributed by atoms with Crippen molar-refractivity contribution in [3.05, 3.63) is 124 Å². The molecule has 6 rings (SSSR count). The Morgan fingerprint density at radius 3 is 2.62 bits per heavy atom. The highest BCUT2D eigenvalue weighted by Crippen LogP contribution is 2.49. The van der Waals surface area contributed by atoms with Crippen LogP contribution >= 0.6 is 0 Å². The van der Waals surface area contributed by atoms with Crippen molar-refractivity contribution in [2.75, 3.05) is 11.4 Å². The van der Waals surface area contributed by atoms with Crippen LogP contribution in [0.5, 0.6) is 11.5 Å². The van der Waals surface area contributed by atoms with Crippen molar-refractivity contribution in [2.45, 2.75) is 52.0 Å². The smallest absolute Gasteiger partial charge is 0.325 e. The number of carbonyl (C=O) groups excluding carboxylic acids is 2. The van der Waals surface area contributed by atoms with Gasteiger partial charge in [-0.15, -0.1) is 0 Å². The van der Waals surface area contributed by atoms with Gasteiger partial charge in [0.25, 0.3) is 5.91 Å². The number of anilines is 1. The summed E-state index contributed by atoms with van der Waals surface area (Å²) in [5.41, 5.74) is 5.60. The predicted octanol–water partition coefficient (Wildman–Crippen LogP) is 6.62. The van der Waals surface area contributed by atoms with Crippen LogP contribution < -0.4 is 25.0 Å². The first-order valence-corrected chi connectivity index (χ1v) is 14.3. The standard InChI is InChI=1S/C35H35N3O4/c1-23-14-16-25(17-15-23)18-19-36-33(39)26-10-6-11-28(20-26)38-34(40)37-30-21-35(38,3)42-32-29(30)12-7-13-31(32)41-22-27-9-5-4-8-24(27)2/h4-17,20,30H,18-19,21-22H2,1-3H3,(H,36,39)(H,37,40). The summed E-state index contributed by atoms with van der Waals surface area (Å²) < 4.78 is 12.9. The van der Waals surface area contributed by atoms with Gasteiger partial charge >= 0.3 is 6.03 Å². The average Bonchev–Trinajstić information content (AvgIpc) is 2.97. The Hall–Kier alpha value is -4.78. The summed E-state index contributed by atoms with van der Waals surface area (Å²) >= 11 is 0. The number of benzene rings is 4. The topological polar surface area (TPSA) is 79.9 Å². The van der Waals surface area contributed by atoms with Crippen molar-refractivity contribution >= 4 is 17.6 Å². The molecule has 2 heterocycles. The van der Waals surface area contributed by atoms with Crippen molar-refractivity contribution in [3.8, 4) is 11.5 Å². The minimum Gasteiger partial charge on any atom is -0.485 e. The van der Waals surface area contributed by atoms with Crippen LogP contribution in [0.25, 0.3) is 0 Å². The third-order valence-corrected chi connectivity index (χ3v) is 8.09. The van der Waals surface area contributed by atoms with Crippen LogP contribution in [0.4, 0.5) is 10.5 Å². The van der Waals surface area contributed by atoms with E-state index < -0.39 is 5.72 Å². The molecule has 2 aliphatic rings. The number of hydrogen-bond acceptors (Lipinski definition) is 4. The first-order valence-electron chi connectivity index (χ1n) is 14.3. The lowest BCUT2D eigenvalue weighted by Crippen LogP contribution is -2.65. The highest BCUT2D eigenvalue weighted by Gasteiger charge is 2.50. The molecule has 42 heavy (non-hydrogen) atoms. The molecule has 3 amide bonds. The van der Waals surface area contributed by atoms with Crippen LogP contribution in [0.2, 0.25) is 0 Å². The van der Waals surface area contributed by atoms with Crippen LogP contribution in [0, 0.1) is 13.8 Å². The number of ether oxygens (including phenoxy) is 2. The van der Waals surface area contributed by atoms with Crippen LogP contribution in [0.3, 0.4) is 0 Å². The number of nitrogens with one attached hydrogen (secondary N) is 2. The summed E-state index contributed by atoms with van der Waals surface area (Å²) in [5, 5.41) is 6.15. The number of carbonyl (C=O) groups is 2. The number of hydrogen-bond donors (Lipinski definition) is 2. The third-order valence-electron chi connectivity index (χ3n) is 8.09. The lowest BCUT2D eigenvalue weighted by Gasteiger charge is -2.50. The summed E-state index contributed by atoms with van der Waals surface area (Å²) in [5.74, 6) is 1.07. The van der Waals surface area contributed by atoms with E-state index in [1.54, 1.807) is 23.1 Å². The van der Waals surface area contributed by atoms with Gasteiger partial charge in [-0.2, -0.15) is 0 Å². The van der Waals surface area contributed by atoms with Gasteiger partial charge in [0.2, 0.25) is 0 Å². The summed E-state index contributed by atoms with van der Waals surface area (Å²) in [6.45, 7) is 6.95. The van der Waals surface area contributed by atoms with Crippen molar-refractivity contribution in [3.63, 3.8) is 0 Å². The molecule has 0 aromatic heterocycles. The van der Waals surface area contributed by atoms with E-state index in [9.17, 15) is 9.59 Å². The lowest BCUT2D eigenvalue weighted by molar-refractivity contribution is 0.0338. The molecule has 2 aliphatic heterocycles. The zero-order valence-electron chi connectivity index (χ0n) is 24.1. The van der Waals surface area contributed by atoms with E-state index >= 15 is 0 Å². The second-order valence-electron chi connectivity index (χ2n) is 11.3. The van der Waals surface area contributed by atoms with Gasteiger partial charge in [-0.3, -0.25) is 9.69 Å². The quantitative estimate of drug-likeness (QED) is 0.253. The number of rotatable bonds is 8. The summed E-state index contributed by atoms with van der Waals surface area (Å²) in [6, 6.07) is 28.8. The van der Waals surface area contributed by atoms with Crippen molar-refractivity contribution in [1.82, 2.24) is 10.6 Å². The Bertz CT molecular complexity index is 1630. The highest BCUT2D eigenvalue weighted by atomic mass is 16.5. The molecule has 2 atom stereocenters. The molecule has 4 aromatic rings. The Kier molecular flexibility index (Phi) is 7.33. The third kappa shape index (κ3) is 5.42. The van der Waals surface area contributed by atoms with Gasteiger partial charge in [-0.05, 0) is 68.1 Å². The molecule has 2 bridgehead atoms. The Labute approximate surface area is 246 Å². The first-order chi connectivity index (χ1) is 20.3. The molecule has 0 aliphatic carbocycles. The van der Waals surface area contributed by atoms with E-state index in [1.807, 2.05) is 43.3 Å². The number of fused-ring (bicyclic) bond motifs is 4. The monoisotopic (exact) mass is 561 g/mol. The Balaban J connectivity index is 1.21. The van der Waals surface area contributed by atoms with Crippen LogP contribution in [0.1, 0.15) is 57.6 Å². The summed E-state index contributed by atoms with van der Waals surface area (Å²) in [6.07, 6.45) is 1.28. The van der Waals surface area contributed by atoms with E-state index in [2.05, 4.69) is 60.9 Å². The fraction of sp³-hybridized carbons (Fsp3) is 0.257. The summed E-state index contributed by atoms with van der Waals surface area (Å²) in [4.78, 5) is 28.1. The van der Waals surface area contributed by atoms with Crippen molar-refractivity contribution in [2.24, 2.45) is 0 Å². The molecule has 0 spiro atoms. The highest BCUT2D eigenvalue weighted by molar-refractivity contribution is 5.99. The number of aryl methyl sites for hydroxylation is 2. The van der Waals surface area contributed by atoms with E-state index in [0.29, 0.717) is 42.3 Å². The van der Waals surface area contributed by atoms with Crippen molar-refractivity contribution in [1.29, 1.82) is 0 Å². The van der Waals surface area contributed by atoms with E-state index in [4.69, 9.17) is 9.47 Å². The molecular formula is C35H35N3O4. The molecule has 0 saturated carbocycles. The maximum absolute atomic E-state index is 13.5. The van der Waals surface area contributed by atoms with Gasteiger partial charge in [-0.25, -0.2) is 4.79 Å². The number of urea groups is 1.